The Labute approximate surface area is 123 Å². The van der Waals surface area contributed by atoms with Crippen LogP contribution in [0.15, 0.2) is 40.9 Å². The van der Waals surface area contributed by atoms with Crippen LogP contribution < -0.4 is 5.32 Å². The van der Waals surface area contributed by atoms with Gasteiger partial charge in [-0.25, -0.2) is 4.39 Å². The largest absolute Gasteiger partial charge is 0.375 e. The summed E-state index contributed by atoms with van der Waals surface area (Å²) in [5.74, 6) is -0.344. The van der Waals surface area contributed by atoms with Crippen molar-refractivity contribution in [3.8, 4) is 0 Å². The lowest BCUT2D eigenvalue weighted by Gasteiger charge is -2.09. The van der Waals surface area contributed by atoms with Crippen LogP contribution in [0.1, 0.15) is 11.1 Å². The third-order valence-corrected chi connectivity index (χ3v) is 3.60. The van der Waals surface area contributed by atoms with Crippen molar-refractivity contribution < 1.29 is 9.31 Å². The molecule has 0 aliphatic heterocycles. The van der Waals surface area contributed by atoms with Gasteiger partial charge in [0.1, 0.15) is 11.5 Å². The molecule has 0 unspecified atom stereocenters. The molecule has 0 bridgehead atoms. The van der Waals surface area contributed by atoms with E-state index in [1.165, 1.54) is 18.2 Å². The van der Waals surface area contributed by atoms with Crippen LogP contribution in [0.25, 0.3) is 0 Å². The minimum Gasteiger partial charge on any atom is -0.375 e. The smallest absolute Gasteiger partial charge is 0.292 e. The highest BCUT2D eigenvalue weighted by atomic mass is 79.9. The molecule has 0 aliphatic carbocycles. The number of nitro groups is 1. The Hall–Kier alpha value is -1.95. The van der Waals surface area contributed by atoms with Crippen LogP contribution in [-0.2, 0) is 6.54 Å². The Morgan fingerprint density at radius 3 is 2.75 bits per heavy atom. The van der Waals surface area contributed by atoms with Crippen molar-refractivity contribution in [3.05, 3.63) is 67.9 Å². The molecule has 0 aliphatic rings. The van der Waals surface area contributed by atoms with Crippen LogP contribution in [-0.4, -0.2) is 4.92 Å². The van der Waals surface area contributed by atoms with Gasteiger partial charge in [0.15, 0.2) is 0 Å². The molecule has 2 rings (SSSR count). The van der Waals surface area contributed by atoms with Crippen molar-refractivity contribution in [1.82, 2.24) is 0 Å². The maximum absolute atomic E-state index is 13.2. The first-order valence-corrected chi connectivity index (χ1v) is 6.69. The lowest BCUT2D eigenvalue weighted by Crippen LogP contribution is -2.03. The van der Waals surface area contributed by atoms with Crippen molar-refractivity contribution in [2.24, 2.45) is 0 Å². The fourth-order valence-corrected chi connectivity index (χ4v) is 2.20. The fourth-order valence-electron chi connectivity index (χ4n) is 1.81. The summed E-state index contributed by atoms with van der Waals surface area (Å²) < 4.78 is 13.9. The van der Waals surface area contributed by atoms with E-state index in [2.05, 4.69) is 21.2 Å². The van der Waals surface area contributed by atoms with Gasteiger partial charge in [0.05, 0.1) is 4.92 Å². The van der Waals surface area contributed by atoms with Gasteiger partial charge >= 0.3 is 0 Å². The van der Waals surface area contributed by atoms with Crippen LogP contribution >= 0.6 is 15.9 Å². The van der Waals surface area contributed by atoms with Crippen molar-refractivity contribution in [3.63, 3.8) is 0 Å². The summed E-state index contributed by atoms with van der Waals surface area (Å²) in [4.78, 5) is 10.6. The van der Waals surface area contributed by atoms with Crippen molar-refractivity contribution in [1.29, 1.82) is 0 Å². The molecular formula is C14H12BrFN2O2. The molecule has 0 amide bonds. The number of aryl methyl sites for hydroxylation is 1. The molecular weight excluding hydrogens is 327 g/mol. The molecule has 6 heteroatoms. The van der Waals surface area contributed by atoms with E-state index in [-0.39, 0.29) is 11.5 Å². The molecule has 1 N–H and O–H groups in total. The Morgan fingerprint density at radius 2 is 2.05 bits per heavy atom. The molecule has 0 radical (unpaired) electrons. The van der Waals surface area contributed by atoms with Crippen LogP contribution in [0, 0.1) is 22.9 Å². The zero-order chi connectivity index (χ0) is 14.7. The first kappa shape index (κ1) is 14.5. The molecule has 0 fully saturated rings. The Bertz CT molecular complexity index is 662. The highest BCUT2D eigenvalue weighted by Gasteiger charge is 2.13. The summed E-state index contributed by atoms with van der Waals surface area (Å²) in [6.45, 7) is 2.09. The van der Waals surface area contributed by atoms with Gasteiger partial charge < -0.3 is 5.32 Å². The number of halogens is 2. The van der Waals surface area contributed by atoms with Gasteiger partial charge in [-0.05, 0) is 42.3 Å². The lowest BCUT2D eigenvalue weighted by molar-refractivity contribution is -0.384. The second-order valence-electron chi connectivity index (χ2n) is 4.37. The van der Waals surface area contributed by atoms with Crippen LogP contribution in [0.5, 0.6) is 0 Å². The van der Waals surface area contributed by atoms with Crippen molar-refractivity contribution in [2.45, 2.75) is 13.5 Å². The number of anilines is 1. The zero-order valence-electron chi connectivity index (χ0n) is 10.7. The number of nitrogens with one attached hydrogen (secondary N) is 1. The Kier molecular flexibility index (Phi) is 4.34. The quantitative estimate of drug-likeness (QED) is 0.663. The zero-order valence-corrected chi connectivity index (χ0v) is 12.3. The van der Waals surface area contributed by atoms with E-state index in [1.807, 2.05) is 0 Å². The van der Waals surface area contributed by atoms with E-state index in [9.17, 15) is 14.5 Å². The minimum absolute atomic E-state index is 0.0116. The maximum Gasteiger partial charge on any atom is 0.292 e. The normalized spacial score (nSPS) is 10.3. The molecule has 20 heavy (non-hydrogen) atoms. The van der Waals surface area contributed by atoms with E-state index >= 15 is 0 Å². The van der Waals surface area contributed by atoms with Gasteiger partial charge in [-0.3, -0.25) is 10.1 Å². The van der Waals surface area contributed by atoms with Crippen LogP contribution in [0.4, 0.5) is 15.8 Å². The molecule has 0 aromatic heterocycles. The summed E-state index contributed by atoms with van der Waals surface area (Å²) in [5, 5.41) is 14.0. The predicted molar refractivity (Wildman–Crippen MR) is 79.3 cm³/mol. The number of benzene rings is 2. The highest BCUT2D eigenvalue weighted by molar-refractivity contribution is 9.10. The average Bonchev–Trinajstić information content (AvgIpc) is 2.40. The molecule has 0 atom stereocenters. The second-order valence-corrected chi connectivity index (χ2v) is 5.22. The molecule has 2 aromatic carbocycles. The SMILES string of the molecule is Cc1ccc(NCc2cc(F)ccc2Br)c([N+](=O)[O-])c1. The molecule has 4 nitrogen and oxygen atoms in total. The molecule has 0 spiro atoms. The van der Waals surface area contributed by atoms with Gasteiger partial charge in [0.2, 0.25) is 0 Å². The van der Waals surface area contributed by atoms with E-state index in [4.69, 9.17) is 0 Å². The molecule has 0 heterocycles. The standard InChI is InChI=1S/C14H12BrFN2O2/c1-9-2-5-13(14(6-9)18(19)20)17-8-10-7-11(16)3-4-12(10)15/h2-7,17H,8H2,1H3. The van der Waals surface area contributed by atoms with Gasteiger partial charge in [-0.1, -0.05) is 22.0 Å². The second kappa shape index (κ2) is 6.00. The topological polar surface area (TPSA) is 55.2 Å². The first-order valence-electron chi connectivity index (χ1n) is 5.90. The van der Waals surface area contributed by atoms with Gasteiger partial charge in [0, 0.05) is 17.1 Å². The molecule has 0 saturated carbocycles. The van der Waals surface area contributed by atoms with Crippen molar-refractivity contribution >= 4 is 27.3 Å². The summed E-state index contributed by atoms with van der Waals surface area (Å²) in [7, 11) is 0. The minimum atomic E-state index is -0.435. The van der Waals surface area contributed by atoms with E-state index in [0.29, 0.717) is 17.8 Å². The summed E-state index contributed by atoms with van der Waals surface area (Å²) in [6.07, 6.45) is 0. The fraction of sp³-hybridized carbons (Fsp3) is 0.143. The molecule has 2 aromatic rings. The van der Waals surface area contributed by atoms with Crippen LogP contribution in [0.3, 0.4) is 0 Å². The number of hydrogen-bond acceptors (Lipinski definition) is 3. The number of nitro benzene ring substituents is 1. The number of nitrogens with zero attached hydrogens (tertiary/aromatic N) is 1. The maximum atomic E-state index is 13.2. The molecule has 104 valence electrons. The van der Waals surface area contributed by atoms with Crippen molar-refractivity contribution in [2.75, 3.05) is 5.32 Å². The summed E-state index contributed by atoms with van der Waals surface area (Å²) in [5.41, 5.74) is 1.93. The number of hydrogen-bond donors (Lipinski definition) is 1. The monoisotopic (exact) mass is 338 g/mol. The Balaban J connectivity index is 2.23. The molecule has 0 saturated heterocycles. The van der Waals surface area contributed by atoms with Gasteiger partial charge in [0.25, 0.3) is 5.69 Å². The summed E-state index contributed by atoms with van der Waals surface area (Å²) >= 11 is 3.32. The number of rotatable bonds is 4. The predicted octanol–water partition coefficient (Wildman–Crippen LogP) is 4.42. The first-order chi connectivity index (χ1) is 9.47. The third-order valence-electron chi connectivity index (χ3n) is 2.83. The lowest BCUT2D eigenvalue weighted by atomic mass is 10.1. The van der Waals surface area contributed by atoms with E-state index in [1.54, 1.807) is 25.1 Å². The van der Waals surface area contributed by atoms with Crippen LogP contribution in [0.2, 0.25) is 0 Å². The summed E-state index contributed by atoms with van der Waals surface area (Å²) in [6, 6.07) is 9.29. The van der Waals surface area contributed by atoms with E-state index in [0.717, 1.165) is 10.0 Å². The van der Waals surface area contributed by atoms with E-state index < -0.39 is 4.92 Å². The van der Waals surface area contributed by atoms with Gasteiger partial charge in [-0.2, -0.15) is 0 Å². The Morgan fingerprint density at radius 1 is 1.30 bits per heavy atom. The highest BCUT2D eigenvalue weighted by Crippen LogP contribution is 2.27. The third kappa shape index (κ3) is 3.33. The average molecular weight is 339 g/mol. The van der Waals surface area contributed by atoms with Gasteiger partial charge in [-0.15, -0.1) is 0 Å².